The number of benzene rings is 1. The standard InChI is InChI=1S/C20H22N4O2/c1-14-11-16(7-8-21-14)19-12-23(9-10-26-19)20(25)13-24-15(2)22-17-5-3-4-6-18(17)24/h3-8,11,19H,9-10,12-13H2,1-2H3/t19-/m0/s1. The highest BCUT2D eigenvalue weighted by Gasteiger charge is 2.26. The number of fused-ring (bicyclic) bond motifs is 1. The van der Waals surface area contributed by atoms with E-state index in [0.717, 1.165) is 28.1 Å². The lowest BCUT2D eigenvalue weighted by molar-refractivity contribution is -0.139. The Kier molecular flexibility index (Phi) is 4.42. The molecule has 0 spiro atoms. The van der Waals surface area contributed by atoms with Crippen LogP contribution in [0.25, 0.3) is 11.0 Å². The summed E-state index contributed by atoms with van der Waals surface area (Å²) in [7, 11) is 0. The Morgan fingerprint density at radius 1 is 1.27 bits per heavy atom. The molecule has 0 radical (unpaired) electrons. The van der Waals surface area contributed by atoms with Gasteiger partial charge in [-0.3, -0.25) is 9.78 Å². The minimum absolute atomic E-state index is 0.0929. The molecule has 134 valence electrons. The quantitative estimate of drug-likeness (QED) is 0.729. The smallest absolute Gasteiger partial charge is 0.242 e. The largest absolute Gasteiger partial charge is 0.370 e. The third-order valence-electron chi connectivity index (χ3n) is 4.85. The summed E-state index contributed by atoms with van der Waals surface area (Å²) in [6, 6.07) is 11.9. The Balaban J connectivity index is 1.51. The summed E-state index contributed by atoms with van der Waals surface area (Å²) in [6.45, 7) is 5.92. The molecule has 1 amide bonds. The second kappa shape index (κ2) is 6.88. The number of carbonyl (C=O) groups is 1. The average molecular weight is 350 g/mol. The number of hydrogen-bond donors (Lipinski definition) is 0. The molecule has 1 atom stereocenters. The van der Waals surface area contributed by atoms with Crippen LogP contribution >= 0.6 is 0 Å². The van der Waals surface area contributed by atoms with Crippen molar-refractivity contribution in [3.63, 3.8) is 0 Å². The van der Waals surface area contributed by atoms with Gasteiger partial charge >= 0.3 is 0 Å². The second-order valence-electron chi connectivity index (χ2n) is 6.66. The first-order valence-corrected chi connectivity index (χ1v) is 8.85. The second-order valence-corrected chi connectivity index (χ2v) is 6.66. The summed E-state index contributed by atoms with van der Waals surface area (Å²) in [4.78, 5) is 23.6. The molecule has 1 aliphatic rings. The predicted octanol–water partition coefficient (Wildman–Crippen LogP) is 2.65. The molecule has 0 unspecified atom stereocenters. The zero-order valence-electron chi connectivity index (χ0n) is 15.1. The predicted molar refractivity (Wildman–Crippen MR) is 98.7 cm³/mol. The first kappa shape index (κ1) is 16.7. The van der Waals surface area contributed by atoms with E-state index in [2.05, 4.69) is 9.97 Å². The number of aromatic nitrogens is 3. The first-order valence-electron chi connectivity index (χ1n) is 8.85. The van der Waals surface area contributed by atoms with Crippen molar-refractivity contribution in [2.75, 3.05) is 19.7 Å². The van der Waals surface area contributed by atoms with Crippen LogP contribution in [-0.2, 0) is 16.1 Å². The van der Waals surface area contributed by atoms with Gasteiger partial charge in [0.2, 0.25) is 5.91 Å². The third-order valence-corrected chi connectivity index (χ3v) is 4.85. The van der Waals surface area contributed by atoms with Crippen molar-refractivity contribution in [1.82, 2.24) is 19.4 Å². The van der Waals surface area contributed by atoms with E-state index in [9.17, 15) is 4.79 Å². The van der Waals surface area contributed by atoms with E-state index in [0.29, 0.717) is 26.2 Å². The molecule has 0 bridgehead atoms. The summed E-state index contributed by atoms with van der Waals surface area (Å²) in [5, 5.41) is 0. The number of morpholine rings is 1. The SMILES string of the molecule is Cc1cc([C@@H]2CN(C(=O)Cn3c(C)nc4ccccc43)CCO2)ccn1. The minimum atomic E-state index is -0.102. The van der Waals surface area contributed by atoms with Crippen molar-refractivity contribution < 1.29 is 9.53 Å². The van der Waals surface area contributed by atoms with Crippen molar-refractivity contribution in [3.8, 4) is 0 Å². The molecule has 0 saturated carbocycles. The normalized spacial score (nSPS) is 17.6. The van der Waals surface area contributed by atoms with Crippen LogP contribution in [0, 0.1) is 13.8 Å². The Morgan fingerprint density at radius 3 is 2.96 bits per heavy atom. The minimum Gasteiger partial charge on any atom is -0.370 e. The van der Waals surface area contributed by atoms with Crippen LogP contribution in [0.15, 0.2) is 42.6 Å². The van der Waals surface area contributed by atoms with Crippen LogP contribution in [0.3, 0.4) is 0 Å². The van der Waals surface area contributed by atoms with E-state index in [1.807, 2.05) is 59.7 Å². The van der Waals surface area contributed by atoms with Gasteiger partial charge in [0.05, 0.1) is 24.2 Å². The number of pyridine rings is 1. The van der Waals surface area contributed by atoms with E-state index in [4.69, 9.17) is 4.74 Å². The van der Waals surface area contributed by atoms with E-state index in [1.165, 1.54) is 0 Å². The fraction of sp³-hybridized carbons (Fsp3) is 0.350. The maximum Gasteiger partial charge on any atom is 0.242 e. The van der Waals surface area contributed by atoms with Gasteiger partial charge in [-0.05, 0) is 43.7 Å². The molecular formula is C20H22N4O2. The number of hydrogen-bond acceptors (Lipinski definition) is 4. The molecular weight excluding hydrogens is 328 g/mol. The number of carbonyl (C=O) groups excluding carboxylic acids is 1. The van der Waals surface area contributed by atoms with Gasteiger partial charge in [0.25, 0.3) is 0 Å². The number of para-hydroxylation sites is 2. The Bertz CT molecular complexity index is 950. The summed E-state index contributed by atoms with van der Waals surface area (Å²) in [6.07, 6.45) is 1.69. The highest BCUT2D eigenvalue weighted by atomic mass is 16.5. The number of ether oxygens (including phenoxy) is 1. The molecule has 1 aromatic carbocycles. The van der Waals surface area contributed by atoms with Crippen LogP contribution in [0.4, 0.5) is 0 Å². The lowest BCUT2D eigenvalue weighted by Gasteiger charge is -2.33. The van der Waals surface area contributed by atoms with Crippen molar-refractivity contribution in [1.29, 1.82) is 0 Å². The maximum atomic E-state index is 12.9. The van der Waals surface area contributed by atoms with E-state index >= 15 is 0 Å². The van der Waals surface area contributed by atoms with Gasteiger partial charge in [-0.25, -0.2) is 4.98 Å². The maximum absolute atomic E-state index is 12.9. The van der Waals surface area contributed by atoms with Gasteiger partial charge in [0.15, 0.2) is 0 Å². The van der Waals surface area contributed by atoms with Gasteiger partial charge in [0, 0.05) is 18.4 Å². The van der Waals surface area contributed by atoms with Crippen molar-refractivity contribution in [3.05, 3.63) is 59.7 Å². The highest BCUT2D eigenvalue weighted by Crippen LogP contribution is 2.23. The molecule has 2 aromatic heterocycles. The zero-order valence-corrected chi connectivity index (χ0v) is 15.1. The highest BCUT2D eigenvalue weighted by molar-refractivity contribution is 5.81. The number of rotatable bonds is 3. The number of amides is 1. The summed E-state index contributed by atoms with van der Waals surface area (Å²) < 4.78 is 7.87. The van der Waals surface area contributed by atoms with Crippen LogP contribution in [0.5, 0.6) is 0 Å². The Hall–Kier alpha value is -2.73. The van der Waals surface area contributed by atoms with Crippen LogP contribution < -0.4 is 0 Å². The number of aryl methyl sites for hydroxylation is 2. The number of nitrogens with zero attached hydrogens (tertiary/aromatic N) is 4. The molecule has 3 heterocycles. The fourth-order valence-corrected chi connectivity index (χ4v) is 3.48. The van der Waals surface area contributed by atoms with E-state index in [1.54, 1.807) is 6.20 Å². The summed E-state index contributed by atoms with van der Waals surface area (Å²) in [5.74, 6) is 0.949. The molecule has 1 saturated heterocycles. The zero-order chi connectivity index (χ0) is 18.1. The molecule has 6 nitrogen and oxygen atoms in total. The van der Waals surface area contributed by atoms with Gasteiger partial charge in [-0.15, -0.1) is 0 Å². The van der Waals surface area contributed by atoms with Gasteiger partial charge in [-0.1, -0.05) is 12.1 Å². The molecule has 3 aromatic rings. The third kappa shape index (κ3) is 3.20. The van der Waals surface area contributed by atoms with Gasteiger partial charge in [0.1, 0.15) is 18.5 Å². The lowest BCUT2D eigenvalue weighted by Crippen LogP contribution is -2.43. The average Bonchev–Trinajstić information content (AvgIpc) is 2.97. The van der Waals surface area contributed by atoms with Gasteiger partial charge < -0.3 is 14.2 Å². The van der Waals surface area contributed by atoms with Crippen molar-refractivity contribution in [2.24, 2.45) is 0 Å². The monoisotopic (exact) mass is 350 g/mol. The Labute approximate surface area is 152 Å². The van der Waals surface area contributed by atoms with E-state index < -0.39 is 0 Å². The lowest BCUT2D eigenvalue weighted by atomic mass is 10.1. The van der Waals surface area contributed by atoms with Gasteiger partial charge in [-0.2, -0.15) is 0 Å². The van der Waals surface area contributed by atoms with Crippen LogP contribution in [0.2, 0.25) is 0 Å². The number of imidazole rings is 1. The van der Waals surface area contributed by atoms with Crippen molar-refractivity contribution >= 4 is 16.9 Å². The molecule has 6 heteroatoms. The molecule has 1 fully saturated rings. The summed E-state index contributed by atoms with van der Waals surface area (Å²) >= 11 is 0. The van der Waals surface area contributed by atoms with E-state index in [-0.39, 0.29) is 12.0 Å². The Morgan fingerprint density at radius 2 is 2.12 bits per heavy atom. The van der Waals surface area contributed by atoms with Crippen molar-refractivity contribution in [2.45, 2.75) is 26.5 Å². The van der Waals surface area contributed by atoms with Crippen LogP contribution in [-0.4, -0.2) is 45.0 Å². The topological polar surface area (TPSA) is 60.2 Å². The van der Waals surface area contributed by atoms with Crippen LogP contribution in [0.1, 0.15) is 23.2 Å². The summed E-state index contributed by atoms with van der Waals surface area (Å²) in [5.41, 5.74) is 3.94. The molecule has 4 rings (SSSR count). The molecule has 26 heavy (non-hydrogen) atoms. The molecule has 1 aliphatic heterocycles. The fourth-order valence-electron chi connectivity index (χ4n) is 3.48. The molecule has 0 N–H and O–H groups in total. The molecule has 0 aliphatic carbocycles. The first-order chi connectivity index (χ1) is 12.6.